The van der Waals surface area contributed by atoms with Gasteiger partial charge in [-0.1, -0.05) is 34.5 Å². The quantitative estimate of drug-likeness (QED) is 0.814. The van der Waals surface area contributed by atoms with Crippen LogP contribution >= 0.6 is 34.5 Å². The van der Waals surface area contributed by atoms with Gasteiger partial charge in [0.15, 0.2) is 5.13 Å². The van der Waals surface area contributed by atoms with E-state index in [1.165, 1.54) is 0 Å². The zero-order valence-electron chi connectivity index (χ0n) is 11.0. The summed E-state index contributed by atoms with van der Waals surface area (Å²) in [5, 5.41) is 15.3. The fourth-order valence-corrected chi connectivity index (χ4v) is 2.86. The number of rotatable bonds is 6. The average molecular weight is 346 g/mol. The highest BCUT2D eigenvalue weighted by molar-refractivity contribution is 7.17. The highest BCUT2D eigenvalue weighted by Gasteiger charge is 2.08. The van der Waals surface area contributed by atoms with Crippen LogP contribution in [0.5, 0.6) is 5.75 Å². The Morgan fingerprint density at radius 1 is 1.48 bits per heavy atom. The maximum Gasteiger partial charge on any atom is 0.183 e. The summed E-state index contributed by atoms with van der Waals surface area (Å²) in [7, 11) is 0. The Balaban J connectivity index is 1.84. The molecule has 0 aliphatic heterocycles. The Morgan fingerprint density at radius 3 is 2.86 bits per heavy atom. The molecule has 0 fully saturated rings. The second-order valence-corrected chi connectivity index (χ2v) is 5.91. The van der Waals surface area contributed by atoms with E-state index in [-0.39, 0.29) is 4.88 Å². The van der Waals surface area contributed by atoms with Gasteiger partial charge in [0.05, 0.1) is 28.1 Å². The van der Waals surface area contributed by atoms with Crippen LogP contribution in [0.15, 0.2) is 18.2 Å². The predicted molar refractivity (Wildman–Crippen MR) is 81.6 cm³/mol. The van der Waals surface area contributed by atoms with Crippen molar-refractivity contribution in [1.29, 1.82) is 0 Å². The van der Waals surface area contributed by atoms with E-state index in [0.717, 1.165) is 11.3 Å². The van der Waals surface area contributed by atoms with E-state index in [9.17, 15) is 9.90 Å². The summed E-state index contributed by atoms with van der Waals surface area (Å²) < 4.78 is 5.49. The van der Waals surface area contributed by atoms with Gasteiger partial charge >= 0.3 is 0 Å². The molecule has 112 valence electrons. The third kappa shape index (κ3) is 4.23. The minimum absolute atomic E-state index is 0.124. The third-order valence-electron chi connectivity index (χ3n) is 2.51. The lowest BCUT2D eigenvalue weighted by Crippen LogP contribution is -2.21. The van der Waals surface area contributed by atoms with Crippen molar-refractivity contribution < 1.29 is 14.6 Å². The van der Waals surface area contributed by atoms with E-state index in [4.69, 9.17) is 27.9 Å². The van der Waals surface area contributed by atoms with Gasteiger partial charge in [-0.2, -0.15) is 0 Å². The van der Waals surface area contributed by atoms with E-state index in [1.54, 1.807) is 25.1 Å². The molecule has 8 heteroatoms. The van der Waals surface area contributed by atoms with Gasteiger partial charge in [0.1, 0.15) is 12.4 Å². The van der Waals surface area contributed by atoms with Gasteiger partial charge in [-0.15, -0.1) is 0 Å². The topological polar surface area (TPSA) is 74.3 Å². The molecule has 5 nitrogen and oxygen atoms in total. The molecule has 0 atom stereocenters. The number of carbonyl (C=O) groups is 1. The molecule has 2 aromatic rings. The number of nitrogens with zero attached hydrogens (tertiary/aromatic N) is 1. The van der Waals surface area contributed by atoms with Crippen LogP contribution < -0.4 is 15.2 Å². The van der Waals surface area contributed by atoms with Crippen molar-refractivity contribution in [2.24, 2.45) is 0 Å². The second kappa shape index (κ2) is 6.98. The van der Waals surface area contributed by atoms with Gasteiger partial charge < -0.3 is 20.0 Å². The summed E-state index contributed by atoms with van der Waals surface area (Å²) >= 11 is 12.8. The lowest BCUT2D eigenvalue weighted by atomic mass is 10.3. The molecular weight excluding hydrogens is 335 g/mol. The zero-order valence-corrected chi connectivity index (χ0v) is 13.3. The van der Waals surface area contributed by atoms with Crippen molar-refractivity contribution in [2.75, 3.05) is 18.5 Å². The molecule has 1 N–H and O–H groups in total. The normalized spacial score (nSPS) is 10.4. The van der Waals surface area contributed by atoms with E-state index >= 15 is 0 Å². The molecule has 0 aliphatic carbocycles. The summed E-state index contributed by atoms with van der Waals surface area (Å²) in [6.07, 6.45) is 0. The van der Waals surface area contributed by atoms with Crippen molar-refractivity contribution in [3.8, 4) is 5.75 Å². The van der Waals surface area contributed by atoms with Crippen LogP contribution in [0.25, 0.3) is 0 Å². The van der Waals surface area contributed by atoms with Gasteiger partial charge in [0, 0.05) is 5.02 Å². The Bertz CT molecular complexity index is 661. The highest BCUT2D eigenvalue weighted by Crippen LogP contribution is 2.27. The molecule has 1 aromatic heterocycles. The molecule has 1 heterocycles. The van der Waals surface area contributed by atoms with Crippen LogP contribution in [0.1, 0.15) is 15.4 Å². The summed E-state index contributed by atoms with van der Waals surface area (Å²) in [5.74, 6) is -0.684. The number of benzene rings is 1. The number of ether oxygens (including phenoxy) is 1. The van der Waals surface area contributed by atoms with Gasteiger partial charge in [0.25, 0.3) is 0 Å². The average Bonchev–Trinajstić information content (AvgIpc) is 2.78. The minimum atomic E-state index is -1.22. The summed E-state index contributed by atoms with van der Waals surface area (Å²) in [6, 6.07) is 4.97. The lowest BCUT2D eigenvalue weighted by molar-refractivity contribution is -0.254. The fraction of sp³-hybridized carbons (Fsp3) is 0.231. The fourth-order valence-electron chi connectivity index (χ4n) is 1.57. The van der Waals surface area contributed by atoms with Crippen LogP contribution in [-0.2, 0) is 0 Å². The van der Waals surface area contributed by atoms with Crippen LogP contribution in [0.3, 0.4) is 0 Å². The largest absolute Gasteiger partial charge is 0.544 e. The molecule has 0 amide bonds. The number of aromatic carboxylic acids is 1. The highest BCUT2D eigenvalue weighted by atomic mass is 35.5. The van der Waals surface area contributed by atoms with E-state index < -0.39 is 5.97 Å². The van der Waals surface area contributed by atoms with Crippen molar-refractivity contribution in [3.63, 3.8) is 0 Å². The van der Waals surface area contributed by atoms with Crippen LogP contribution in [0.4, 0.5) is 5.13 Å². The smallest absolute Gasteiger partial charge is 0.183 e. The molecule has 1 aromatic carbocycles. The molecule has 0 spiro atoms. The van der Waals surface area contributed by atoms with Crippen molar-refractivity contribution in [3.05, 3.63) is 38.8 Å². The standard InChI is InChI=1S/C13H12Cl2N2O3S/c1-7-11(12(18)19)21-13(17-7)16-4-5-20-10-3-2-8(14)6-9(10)15/h2-3,6H,4-5H2,1H3,(H,16,17)(H,18,19)/p-1. The number of hydrogen-bond acceptors (Lipinski definition) is 6. The number of thiazole rings is 1. The SMILES string of the molecule is Cc1nc(NCCOc2ccc(Cl)cc2Cl)sc1C(=O)[O-]. The molecule has 0 saturated carbocycles. The summed E-state index contributed by atoms with van der Waals surface area (Å²) in [6.45, 7) is 2.43. The predicted octanol–water partition coefficient (Wildman–Crippen LogP) is 2.61. The zero-order chi connectivity index (χ0) is 15.4. The van der Waals surface area contributed by atoms with Crippen LogP contribution in [0, 0.1) is 6.92 Å². The number of carboxylic acid groups (broad SMARTS) is 1. The Kier molecular flexibility index (Phi) is 5.27. The van der Waals surface area contributed by atoms with Gasteiger partial charge in [0.2, 0.25) is 0 Å². The maximum atomic E-state index is 10.8. The molecule has 0 saturated heterocycles. The van der Waals surface area contributed by atoms with E-state index in [1.807, 2.05) is 0 Å². The molecular formula is C13H11Cl2N2O3S-. The van der Waals surface area contributed by atoms with Gasteiger partial charge in [-0.05, 0) is 25.1 Å². The first-order valence-electron chi connectivity index (χ1n) is 5.98. The first-order valence-corrected chi connectivity index (χ1v) is 7.55. The molecule has 0 unspecified atom stereocenters. The van der Waals surface area contributed by atoms with Crippen LogP contribution in [0.2, 0.25) is 10.0 Å². The molecule has 0 radical (unpaired) electrons. The molecule has 0 aliphatic rings. The van der Waals surface area contributed by atoms with Gasteiger partial charge in [-0.25, -0.2) is 4.98 Å². The number of carboxylic acids is 1. The number of aryl methyl sites for hydroxylation is 1. The molecule has 21 heavy (non-hydrogen) atoms. The first kappa shape index (κ1) is 15.9. The minimum Gasteiger partial charge on any atom is -0.544 e. The van der Waals surface area contributed by atoms with Gasteiger partial charge in [-0.3, -0.25) is 0 Å². The maximum absolute atomic E-state index is 10.8. The molecule has 2 rings (SSSR count). The monoisotopic (exact) mass is 345 g/mol. The molecule has 0 bridgehead atoms. The summed E-state index contributed by atoms with van der Waals surface area (Å²) in [5.41, 5.74) is 0.434. The lowest BCUT2D eigenvalue weighted by Gasteiger charge is -2.08. The number of carbonyl (C=O) groups excluding carboxylic acids is 1. The first-order chi connectivity index (χ1) is 9.97. The Hall–Kier alpha value is -1.50. The number of halogens is 2. The van der Waals surface area contributed by atoms with E-state index in [2.05, 4.69) is 10.3 Å². The summed E-state index contributed by atoms with van der Waals surface area (Å²) in [4.78, 5) is 15.0. The number of nitrogens with one attached hydrogen (secondary N) is 1. The van der Waals surface area contributed by atoms with Crippen LogP contribution in [-0.4, -0.2) is 24.1 Å². The van der Waals surface area contributed by atoms with Crippen molar-refractivity contribution >= 4 is 45.6 Å². The third-order valence-corrected chi connectivity index (χ3v) is 4.14. The van der Waals surface area contributed by atoms with Crippen molar-refractivity contribution in [2.45, 2.75) is 6.92 Å². The Morgan fingerprint density at radius 2 is 2.24 bits per heavy atom. The Labute approximate surface area is 135 Å². The number of aromatic nitrogens is 1. The number of anilines is 1. The van der Waals surface area contributed by atoms with Crippen molar-refractivity contribution in [1.82, 2.24) is 4.98 Å². The van der Waals surface area contributed by atoms with E-state index in [0.29, 0.717) is 39.8 Å². The number of hydrogen-bond donors (Lipinski definition) is 1. The second-order valence-electron chi connectivity index (χ2n) is 4.07.